The van der Waals surface area contributed by atoms with Gasteiger partial charge in [0.05, 0.1) is 12.6 Å². The number of hydrogen-bond acceptors (Lipinski definition) is 5. The highest BCUT2D eigenvalue weighted by Crippen LogP contribution is 2.35. The number of azo groups is 1. The third kappa shape index (κ3) is 1.77. The Labute approximate surface area is 88.8 Å². The first kappa shape index (κ1) is 10.2. The van der Waals surface area contributed by atoms with Crippen molar-refractivity contribution in [2.75, 3.05) is 26.2 Å². The molecule has 0 aromatic rings. The smallest absolute Gasteiger partial charge is 0.185 e. The van der Waals surface area contributed by atoms with Gasteiger partial charge < -0.3 is 0 Å². The van der Waals surface area contributed by atoms with Gasteiger partial charge in [0.25, 0.3) is 0 Å². The number of rotatable bonds is 3. The summed E-state index contributed by atoms with van der Waals surface area (Å²) in [6.07, 6.45) is 0.561. The van der Waals surface area contributed by atoms with Crippen molar-refractivity contribution in [2.45, 2.75) is 18.9 Å². The fourth-order valence-electron chi connectivity index (χ4n) is 2.22. The predicted molar refractivity (Wildman–Crippen MR) is 53.3 cm³/mol. The number of hydrogen-bond donors (Lipinski definition) is 0. The molecule has 0 unspecified atom stereocenters. The normalized spacial score (nSPS) is 34.0. The highest BCUT2D eigenvalue weighted by atomic mass is 16.1. The first-order valence-corrected chi connectivity index (χ1v) is 5.18. The second-order valence-corrected chi connectivity index (χ2v) is 4.34. The lowest BCUT2D eigenvalue weighted by Gasteiger charge is -2.15. The first-order chi connectivity index (χ1) is 7.16. The summed E-state index contributed by atoms with van der Waals surface area (Å²) < 4.78 is 0. The molecule has 5 nitrogen and oxygen atoms in total. The molecule has 0 saturated carbocycles. The quantitative estimate of drug-likeness (QED) is 0.680. The molecule has 2 rings (SSSR count). The van der Waals surface area contributed by atoms with Crippen LogP contribution in [0.2, 0.25) is 0 Å². The van der Waals surface area contributed by atoms with Crippen LogP contribution in [0.5, 0.6) is 0 Å². The van der Waals surface area contributed by atoms with Crippen molar-refractivity contribution in [1.29, 1.82) is 5.26 Å². The molecule has 0 radical (unpaired) electrons. The minimum Gasteiger partial charge on any atom is -0.300 e. The van der Waals surface area contributed by atoms with E-state index in [2.05, 4.69) is 21.2 Å². The molecule has 1 saturated heterocycles. The van der Waals surface area contributed by atoms with E-state index in [-0.39, 0.29) is 11.7 Å². The molecule has 0 amide bonds. The second-order valence-electron chi connectivity index (χ2n) is 4.34. The largest absolute Gasteiger partial charge is 0.300 e. The lowest BCUT2D eigenvalue weighted by molar-refractivity contribution is -0.117. The summed E-state index contributed by atoms with van der Waals surface area (Å²) in [7, 11) is 0. The van der Waals surface area contributed by atoms with Crippen molar-refractivity contribution < 1.29 is 4.79 Å². The van der Waals surface area contributed by atoms with Crippen LogP contribution in [0.3, 0.4) is 0 Å². The van der Waals surface area contributed by atoms with Gasteiger partial charge in [-0.3, -0.25) is 9.69 Å². The second kappa shape index (κ2) is 3.70. The Kier molecular flexibility index (Phi) is 2.53. The van der Waals surface area contributed by atoms with Crippen molar-refractivity contribution in [3.8, 4) is 6.07 Å². The summed E-state index contributed by atoms with van der Waals surface area (Å²) in [5.41, 5.74) is -0.614. The number of carbonyl (C=O) groups is 1. The summed E-state index contributed by atoms with van der Waals surface area (Å²) in [5.74, 6) is 0.425. The molecule has 15 heavy (non-hydrogen) atoms. The molecule has 0 aromatic carbocycles. The number of nitriles is 1. The van der Waals surface area contributed by atoms with E-state index in [0.717, 1.165) is 13.1 Å². The van der Waals surface area contributed by atoms with E-state index >= 15 is 0 Å². The third-order valence-corrected chi connectivity index (χ3v) is 3.14. The minimum atomic E-state index is -0.614. The molecular weight excluding hydrogens is 192 g/mol. The van der Waals surface area contributed by atoms with Crippen molar-refractivity contribution in [1.82, 2.24) is 4.90 Å². The van der Waals surface area contributed by atoms with Crippen LogP contribution in [0.15, 0.2) is 10.2 Å². The monoisotopic (exact) mass is 206 g/mol. The fraction of sp³-hybridized carbons (Fsp3) is 0.800. The summed E-state index contributed by atoms with van der Waals surface area (Å²) in [5, 5.41) is 17.1. The van der Waals surface area contributed by atoms with Gasteiger partial charge in [-0.05, 0) is 6.92 Å². The minimum absolute atomic E-state index is 0.194. The van der Waals surface area contributed by atoms with Gasteiger partial charge in [0.1, 0.15) is 5.78 Å². The van der Waals surface area contributed by atoms with Crippen molar-refractivity contribution >= 4 is 5.78 Å². The SMILES string of the molecule is CC(=O)CCN1C[C@H]2CN=N[C@]2(C#N)C1. The molecular formula is C10H14N4O. The Morgan fingerprint density at radius 3 is 3.13 bits per heavy atom. The topological polar surface area (TPSA) is 68.8 Å². The summed E-state index contributed by atoms with van der Waals surface area (Å²) in [4.78, 5) is 13.0. The third-order valence-electron chi connectivity index (χ3n) is 3.14. The van der Waals surface area contributed by atoms with Crippen LogP contribution < -0.4 is 0 Å². The molecule has 0 aliphatic carbocycles. The number of likely N-dealkylation sites (tertiary alicyclic amines) is 1. The van der Waals surface area contributed by atoms with Crippen molar-refractivity contribution in [2.24, 2.45) is 16.1 Å². The van der Waals surface area contributed by atoms with E-state index in [1.807, 2.05) is 0 Å². The predicted octanol–water partition coefficient (Wildman–Crippen LogP) is 0.625. The standard InChI is InChI=1S/C10H14N4O/c1-8(15)2-3-14-5-9-4-12-13-10(9,6-11)7-14/h9H,2-5,7H2,1H3/t9-,10-/m1/s1. The average molecular weight is 206 g/mol. The van der Waals surface area contributed by atoms with Crippen LogP contribution >= 0.6 is 0 Å². The molecule has 0 N–H and O–H groups in total. The van der Waals surface area contributed by atoms with E-state index in [4.69, 9.17) is 5.26 Å². The lowest BCUT2D eigenvalue weighted by atomic mass is 9.91. The summed E-state index contributed by atoms with van der Waals surface area (Å²) >= 11 is 0. The molecule has 0 spiro atoms. The Bertz CT molecular complexity index is 346. The maximum atomic E-state index is 10.9. The molecule has 2 heterocycles. The van der Waals surface area contributed by atoms with Crippen LogP contribution in [0.1, 0.15) is 13.3 Å². The lowest BCUT2D eigenvalue weighted by Crippen LogP contribution is -2.32. The molecule has 0 aromatic heterocycles. The van der Waals surface area contributed by atoms with Crippen molar-refractivity contribution in [3.63, 3.8) is 0 Å². The van der Waals surface area contributed by atoms with Crippen LogP contribution in [0.4, 0.5) is 0 Å². The Balaban J connectivity index is 1.97. The maximum Gasteiger partial charge on any atom is 0.185 e. The zero-order chi connectivity index (χ0) is 10.9. The van der Waals surface area contributed by atoms with Gasteiger partial charge in [0.2, 0.25) is 0 Å². The molecule has 80 valence electrons. The highest BCUT2D eigenvalue weighted by Gasteiger charge is 2.50. The van der Waals surface area contributed by atoms with E-state index in [0.29, 0.717) is 19.5 Å². The van der Waals surface area contributed by atoms with Gasteiger partial charge in [0.15, 0.2) is 5.54 Å². The van der Waals surface area contributed by atoms with Crippen LogP contribution in [0.25, 0.3) is 0 Å². The van der Waals surface area contributed by atoms with Crippen LogP contribution in [-0.4, -0.2) is 42.4 Å². The molecule has 2 aliphatic rings. The fourth-order valence-corrected chi connectivity index (χ4v) is 2.22. The number of carbonyl (C=O) groups excluding carboxylic acids is 1. The van der Waals surface area contributed by atoms with Gasteiger partial charge >= 0.3 is 0 Å². The van der Waals surface area contributed by atoms with Gasteiger partial charge in [0, 0.05) is 32.0 Å². The number of fused-ring (bicyclic) bond motifs is 1. The average Bonchev–Trinajstić information content (AvgIpc) is 2.70. The molecule has 1 fully saturated rings. The van der Waals surface area contributed by atoms with Gasteiger partial charge in [-0.2, -0.15) is 15.5 Å². The summed E-state index contributed by atoms with van der Waals surface area (Å²) in [6, 6.07) is 2.27. The Morgan fingerprint density at radius 2 is 2.53 bits per heavy atom. The zero-order valence-electron chi connectivity index (χ0n) is 8.81. The Morgan fingerprint density at radius 1 is 1.73 bits per heavy atom. The van der Waals surface area contributed by atoms with Crippen LogP contribution in [0, 0.1) is 17.2 Å². The zero-order valence-corrected chi connectivity index (χ0v) is 8.81. The van der Waals surface area contributed by atoms with E-state index in [1.54, 1.807) is 6.92 Å². The summed E-state index contributed by atoms with van der Waals surface area (Å²) in [6.45, 7) is 4.46. The first-order valence-electron chi connectivity index (χ1n) is 5.18. The molecule has 5 heteroatoms. The number of Topliss-reactive ketones (excluding diaryl/α,β-unsaturated/α-hetero) is 1. The van der Waals surface area contributed by atoms with Crippen LogP contribution in [-0.2, 0) is 4.79 Å². The van der Waals surface area contributed by atoms with E-state index < -0.39 is 5.54 Å². The maximum absolute atomic E-state index is 10.9. The van der Waals surface area contributed by atoms with Crippen molar-refractivity contribution in [3.05, 3.63) is 0 Å². The molecule has 2 aliphatic heterocycles. The molecule has 2 atom stereocenters. The Hall–Kier alpha value is -1.28. The molecule has 0 bridgehead atoms. The highest BCUT2D eigenvalue weighted by molar-refractivity contribution is 5.75. The van der Waals surface area contributed by atoms with Gasteiger partial charge in [-0.15, -0.1) is 0 Å². The van der Waals surface area contributed by atoms with Gasteiger partial charge in [-0.25, -0.2) is 0 Å². The number of ketones is 1. The van der Waals surface area contributed by atoms with E-state index in [9.17, 15) is 4.79 Å². The van der Waals surface area contributed by atoms with E-state index in [1.165, 1.54) is 0 Å². The van der Waals surface area contributed by atoms with Gasteiger partial charge in [-0.1, -0.05) is 0 Å². The number of nitrogens with zero attached hydrogens (tertiary/aromatic N) is 4.